The van der Waals surface area contributed by atoms with Crippen LogP contribution in [-0.4, -0.2) is 21.0 Å². The van der Waals surface area contributed by atoms with E-state index in [1.807, 2.05) is 10.9 Å². The summed E-state index contributed by atoms with van der Waals surface area (Å²) in [5.41, 5.74) is 0. The molecule has 0 unspecified atom stereocenters. The Morgan fingerprint density at radius 1 is 1.42 bits per heavy atom. The van der Waals surface area contributed by atoms with Gasteiger partial charge in [-0.05, 0) is 12.8 Å². The first kappa shape index (κ1) is 7.73. The highest BCUT2D eigenvalue weighted by Crippen LogP contribution is 2.17. The summed E-state index contributed by atoms with van der Waals surface area (Å²) in [6.07, 6.45) is 8.95. The topological polar surface area (TPSA) is 42.7 Å². The van der Waals surface area contributed by atoms with Crippen molar-refractivity contribution in [3.05, 3.63) is 12.4 Å². The minimum Gasteiger partial charge on any atom is -0.295 e. The molecule has 66 valence electrons. The second-order valence-corrected chi connectivity index (χ2v) is 3.29. The van der Waals surface area contributed by atoms with E-state index in [0.29, 0.717) is 6.04 Å². The molecule has 12 heavy (non-hydrogen) atoms. The van der Waals surface area contributed by atoms with Gasteiger partial charge in [0.2, 0.25) is 0 Å². The van der Waals surface area contributed by atoms with Crippen LogP contribution in [0.4, 0.5) is 0 Å². The van der Waals surface area contributed by atoms with Crippen molar-refractivity contribution in [2.24, 2.45) is 0 Å². The minimum absolute atomic E-state index is 0.703. The maximum atomic E-state index is 3.88. The van der Waals surface area contributed by atoms with E-state index >= 15 is 0 Å². The summed E-state index contributed by atoms with van der Waals surface area (Å²) in [7, 11) is 0. The second-order valence-electron chi connectivity index (χ2n) is 3.29. The molecule has 0 radical (unpaired) electrons. The standard InChI is InChI=1S/C8H14N4/c1-2-4-8(3-1)9-7-12-6-5-10-11-12/h5-6,8-9H,1-4,7H2. The van der Waals surface area contributed by atoms with Crippen LogP contribution in [0, 0.1) is 0 Å². The lowest BCUT2D eigenvalue weighted by Crippen LogP contribution is -2.28. The normalized spacial score (nSPS) is 18.7. The van der Waals surface area contributed by atoms with Crippen LogP contribution < -0.4 is 5.32 Å². The Balaban J connectivity index is 1.74. The highest BCUT2D eigenvalue weighted by Gasteiger charge is 2.13. The van der Waals surface area contributed by atoms with Gasteiger partial charge in [0, 0.05) is 12.2 Å². The van der Waals surface area contributed by atoms with Crippen molar-refractivity contribution in [1.29, 1.82) is 0 Å². The van der Waals surface area contributed by atoms with Crippen LogP contribution in [0.25, 0.3) is 0 Å². The van der Waals surface area contributed by atoms with E-state index in [4.69, 9.17) is 0 Å². The minimum atomic E-state index is 0.703. The second kappa shape index (κ2) is 3.67. The highest BCUT2D eigenvalue weighted by molar-refractivity contribution is 4.73. The van der Waals surface area contributed by atoms with Gasteiger partial charge in [-0.1, -0.05) is 18.1 Å². The average Bonchev–Trinajstić information content (AvgIpc) is 2.74. The molecule has 4 heteroatoms. The van der Waals surface area contributed by atoms with Crippen LogP contribution in [0.2, 0.25) is 0 Å². The van der Waals surface area contributed by atoms with Crippen LogP contribution >= 0.6 is 0 Å². The molecule has 4 nitrogen and oxygen atoms in total. The first-order valence-electron chi connectivity index (χ1n) is 4.52. The molecule has 1 saturated carbocycles. The fraction of sp³-hybridized carbons (Fsp3) is 0.750. The zero-order chi connectivity index (χ0) is 8.23. The van der Waals surface area contributed by atoms with Crippen molar-refractivity contribution in [3.8, 4) is 0 Å². The number of hydrogen-bond acceptors (Lipinski definition) is 3. The van der Waals surface area contributed by atoms with Crippen LogP contribution in [0.5, 0.6) is 0 Å². The summed E-state index contributed by atoms with van der Waals surface area (Å²) in [6, 6.07) is 0.703. The number of aromatic nitrogens is 3. The maximum Gasteiger partial charge on any atom is 0.0923 e. The molecule has 0 aromatic carbocycles. The van der Waals surface area contributed by atoms with Gasteiger partial charge < -0.3 is 0 Å². The largest absolute Gasteiger partial charge is 0.295 e. The molecule has 1 fully saturated rings. The van der Waals surface area contributed by atoms with Crippen LogP contribution in [0.1, 0.15) is 25.7 Å². The molecule has 1 N–H and O–H groups in total. The molecule has 0 saturated heterocycles. The summed E-state index contributed by atoms with van der Waals surface area (Å²) in [5.74, 6) is 0. The predicted molar refractivity (Wildman–Crippen MR) is 45.4 cm³/mol. The Morgan fingerprint density at radius 2 is 2.25 bits per heavy atom. The molecule has 1 aromatic rings. The molecular weight excluding hydrogens is 152 g/mol. The lowest BCUT2D eigenvalue weighted by molar-refractivity contribution is 0.428. The molecule has 0 atom stereocenters. The lowest BCUT2D eigenvalue weighted by atomic mass is 10.3. The van der Waals surface area contributed by atoms with Gasteiger partial charge in [-0.15, -0.1) is 5.10 Å². The molecule has 0 spiro atoms. The van der Waals surface area contributed by atoms with Crippen LogP contribution in [0.15, 0.2) is 12.4 Å². The van der Waals surface area contributed by atoms with Gasteiger partial charge in [0.25, 0.3) is 0 Å². The number of hydrogen-bond donors (Lipinski definition) is 1. The van der Waals surface area contributed by atoms with Gasteiger partial charge in [0.15, 0.2) is 0 Å². The van der Waals surface area contributed by atoms with Crippen molar-refractivity contribution < 1.29 is 0 Å². The number of nitrogens with zero attached hydrogens (tertiary/aromatic N) is 3. The SMILES string of the molecule is c1cn(CNC2CCCC2)nn1. The van der Waals surface area contributed by atoms with Gasteiger partial charge in [-0.25, -0.2) is 4.68 Å². The molecule has 1 heterocycles. The zero-order valence-electron chi connectivity index (χ0n) is 7.11. The number of rotatable bonds is 3. The van der Waals surface area contributed by atoms with E-state index in [1.165, 1.54) is 25.7 Å². The van der Waals surface area contributed by atoms with Crippen molar-refractivity contribution in [2.75, 3.05) is 0 Å². The monoisotopic (exact) mass is 166 g/mol. The molecule has 0 aliphatic heterocycles. The maximum absolute atomic E-state index is 3.88. The average molecular weight is 166 g/mol. The summed E-state index contributed by atoms with van der Waals surface area (Å²) >= 11 is 0. The number of nitrogens with one attached hydrogen (secondary N) is 1. The van der Waals surface area contributed by atoms with Crippen molar-refractivity contribution in [3.63, 3.8) is 0 Å². The first-order chi connectivity index (χ1) is 5.95. The Labute approximate surface area is 72.0 Å². The summed E-state index contributed by atoms with van der Waals surface area (Å²) in [4.78, 5) is 0. The van der Waals surface area contributed by atoms with E-state index in [1.54, 1.807) is 6.20 Å². The Morgan fingerprint density at radius 3 is 2.92 bits per heavy atom. The third kappa shape index (κ3) is 1.82. The van der Waals surface area contributed by atoms with Crippen molar-refractivity contribution >= 4 is 0 Å². The fourth-order valence-electron chi connectivity index (χ4n) is 1.67. The van der Waals surface area contributed by atoms with E-state index in [9.17, 15) is 0 Å². The Bertz CT molecular complexity index is 213. The molecule has 0 amide bonds. The summed E-state index contributed by atoms with van der Waals surface area (Å²) in [6.45, 7) is 0.796. The lowest BCUT2D eigenvalue weighted by Gasteiger charge is -2.10. The van der Waals surface area contributed by atoms with Gasteiger partial charge in [0.05, 0.1) is 12.9 Å². The van der Waals surface area contributed by atoms with E-state index in [-0.39, 0.29) is 0 Å². The summed E-state index contributed by atoms with van der Waals surface area (Å²) < 4.78 is 1.82. The molecule has 0 bridgehead atoms. The van der Waals surface area contributed by atoms with E-state index < -0.39 is 0 Å². The molecule has 1 aliphatic rings. The van der Waals surface area contributed by atoms with Crippen LogP contribution in [-0.2, 0) is 6.67 Å². The zero-order valence-corrected chi connectivity index (χ0v) is 7.11. The molecule has 1 aromatic heterocycles. The smallest absolute Gasteiger partial charge is 0.0923 e. The van der Waals surface area contributed by atoms with Gasteiger partial charge in [-0.2, -0.15) is 0 Å². The Kier molecular flexibility index (Phi) is 2.36. The summed E-state index contributed by atoms with van der Waals surface area (Å²) in [5, 5.41) is 11.1. The van der Waals surface area contributed by atoms with Gasteiger partial charge >= 0.3 is 0 Å². The first-order valence-corrected chi connectivity index (χ1v) is 4.52. The van der Waals surface area contributed by atoms with E-state index in [0.717, 1.165) is 6.67 Å². The van der Waals surface area contributed by atoms with Crippen molar-refractivity contribution in [1.82, 2.24) is 20.3 Å². The third-order valence-electron chi connectivity index (χ3n) is 2.37. The molecular formula is C8H14N4. The van der Waals surface area contributed by atoms with E-state index in [2.05, 4.69) is 15.6 Å². The molecule has 2 rings (SSSR count). The third-order valence-corrected chi connectivity index (χ3v) is 2.37. The highest BCUT2D eigenvalue weighted by atomic mass is 15.4. The fourth-order valence-corrected chi connectivity index (χ4v) is 1.67. The quantitative estimate of drug-likeness (QED) is 0.721. The van der Waals surface area contributed by atoms with Crippen LogP contribution in [0.3, 0.4) is 0 Å². The Hall–Kier alpha value is -0.900. The van der Waals surface area contributed by atoms with Gasteiger partial charge in [0.1, 0.15) is 0 Å². The van der Waals surface area contributed by atoms with Crippen molar-refractivity contribution in [2.45, 2.75) is 38.4 Å². The molecule has 1 aliphatic carbocycles. The predicted octanol–water partition coefficient (Wildman–Crippen LogP) is 0.768. The van der Waals surface area contributed by atoms with Gasteiger partial charge in [-0.3, -0.25) is 5.32 Å².